The van der Waals surface area contributed by atoms with E-state index >= 15 is 0 Å². The largest absolute Gasteiger partial charge is 0.481 e. The Bertz CT molecular complexity index is 5060. The highest BCUT2D eigenvalue weighted by Gasteiger charge is 2.44. The Morgan fingerprint density at radius 1 is 0.391 bits per heavy atom. The molecule has 6 aromatic carbocycles. The van der Waals surface area contributed by atoms with Gasteiger partial charge in [0.1, 0.15) is 17.5 Å². The molecular formula is C107H129F6N9O6. The van der Waals surface area contributed by atoms with Gasteiger partial charge in [0.05, 0.1) is 28.6 Å². The second-order valence-corrected chi connectivity index (χ2v) is 39.0. The van der Waals surface area contributed by atoms with E-state index in [1.54, 1.807) is 36.4 Å². The Morgan fingerprint density at radius 2 is 0.742 bits per heavy atom. The number of alkyl halides is 3. The molecular weight excluding hydrogens is 1620 g/mol. The van der Waals surface area contributed by atoms with Crippen LogP contribution in [0.4, 0.5) is 26.3 Å². The van der Waals surface area contributed by atoms with Crippen LogP contribution in [0.1, 0.15) is 271 Å². The molecule has 9 fully saturated rings. The molecule has 18 rings (SSSR count). The Kier molecular flexibility index (Phi) is 30.1. The topological polar surface area (TPSA) is 175 Å². The second-order valence-electron chi connectivity index (χ2n) is 39.0. The van der Waals surface area contributed by atoms with Crippen LogP contribution in [0.2, 0.25) is 0 Å². The fourth-order valence-corrected chi connectivity index (χ4v) is 22.6. The average Bonchev–Trinajstić information content (AvgIpc) is 1.53. The minimum absolute atomic E-state index is 0.161. The number of rotatable bonds is 32. The molecule has 0 amide bonds. The number of aliphatic carboxylic acids is 3. The number of hydrogen-bond donors (Lipinski definition) is 3. The molecule has 21 heteroatoms. The lowest BCUT2D eigenvalue weighted by Crippen LogP contribution is -2.37. The maximum absolute atomic E-state index is 14.3. The highest BCUT2D eigenvalue weighted by molar-refractivity contribution is 5.88. The van der Waals surface area contributed by atoms with Gasteiger partial charge in [0.2, 0.25) is 0 Å². The zero-order valence-corrected chi connectivity index (χ0v) is 74.8. The van der Waals surface area contributed by atoms with Crippen LogP contribution >= 0.6 is 0 Å². The van der Waals surface area contributed by atoms with Crippen molar-refractivity contribution in [2.45, 2.75) is 243 Å². The summed E-state index contributed by atoms with van der Waals surface area (Å²) in [6, 6.07) is 54.1. The van der Waals surface area contributed by atoms with Crippen LogP contribution in [0.25, 0.3) is 0 Å². The third kappa shape index (κ3) is 24.1. The molecule has 8 atom stereocenters. The Morgan fingerprint density at radius 3 is 1.08 bits per heavy atom. The van der Waals surface area contributed by atoms with Gasteiger partial charge in [-0.3, -0.25) is 18.8 Å². The van der Waals surface area contributed by atoms with Crippen molar-refractivity contribution in [3.05, 3.63) is 289 Å². The SMILES string of the molecule is CCn1nc(Cc2ccc(C(F)(F)F)cc2)cc1C1CCN(C[C@H]2CC(CC(CC3CC3)C(=O)O)C[C@@H]2c2cccc(F)c2)CC1.CCn1nc(Cc2ccccc2)cc1C1CCN(C[C@H]2C/C(=C(/CC3CC3)C(=O)O)C[C@@H]2c2cccc(F)c2)CC1.CCn1nc(Cc2ccccc2)cc1C1CCN(C[C@H]2C/C(=C(\CC3CC3)C(=O)O)C[C@@H]2c2cccc(F)c2)CC1. The van der Waals surface area contributed by atoms with Gasteiger partial charge < -0.3 is 30.0 Å². The standard InChI is InChI=1S/C37H45F4N3O2.2C35H42FN3O2/c1-2-44-35(22-33(42-44)19-25-8-10-31(11-9-25)37(39,40)41)27-12-14-43(15-13-27)23-30-18-26(17-29(36(45)46)16-24-6-7-24)20-34(30)28-4-3-5-32(38)21-28;2*1-2-39-34(22-31(37-39)17-24-7-4-3-5-8-24)26-13-15-38(16-14-26)23-29-19-28(33(35(40)41)18-25-11-12-25)21-32(29)27-9-6-10-30(36)20-27/h3-5,8-11,21-22,24,26-27,29-30,34H,2,6-7,12-20,23H2,1H3,(H,45,46);2*3-10,20,22,25-26,29,32H,2,11-19,21,23H2,1H3,(H,40,41)/b;33-28+;33-28-/t26?,29?,30-,34-;2*29-,32-/m111/s1. The van der Waals surface area contributed by atoms with E-state index in [2.05, 4.69) is 124 Å². The summed E-state index contributed by atoms with van der Waals surface area (Å²) >= 11 is 0. The van der Waals surface area contributed by atoms with E-state index in [0.29, 0.717) is 96.0 Å². The second kappa shape index (κ2) is 42.0. The molecule has 9 aromatic rings. The van der Waals surface area contributed by atoms with Crippen molar-refractivity contribution < 1.29 is 56.0 Å². The zero-order chi connectivity index (χ0) is 89.1. The first-order valence-corrected chi connectivity index (χ1v) is 48.0. The summed E-state index contributed by atoms with van der Waals surface area (Å²) < 4.78 is 88.1. The fraction of sp³-hybridized carbons (Fsp3) is 0.514. The summed E-state index contributed by atoms with van der Waals surface area (Å²) in [5.41, 5.74) is 16.3. The maximum Gasteiger partial charge on any atom is 0.416 e. The summed E-state index contributed by atoms with van der Waals surface area (Å²) in [5, 5.41) is 44.7. The molecule has 3 saturated heterocycles. The summed E-state index contributed by atoms with van der Waals surface area (Å²) in [6.45, 7) is 17.7. The molecule has 9 aliphatic rings. The van der Waals surface area contributed by atoms with Crippen LogP contribution in [0.3, 0.4) is 0 Å². The van der Waals surface area contributed by atoms with E-state index in [-0.39, 0.29) is 41.1 Å². The number of benzene rings is 6. The lowest BCUT2D eigenvalue weighted by Gasteiger charge is -2.35. The van der Waals surface area contributed by atoms with Crippen LogP contribution in [-0.2, 0) is 59.5 Å². The third-order valence-electron chi connectivity index (χ3n) is 29.8. The number of halogens is 6. The van der Waals surface area contributed by atoms with Gasteiger partial charge in [-0.1, -0.05) is 133 Å². The summed E-state index contributed by atoms with van der Waals surface area (Å²) in [4.78, 5) is 44.2. The van der Waals surface area contributed by atoms with Crippen molar-refractivity contribution in [1.82, 2.24) is 44.0 Å². The number of nitrogens with zero attached hydrogens (tertiary/aromatic N) is 9. The predicted molar refractivity (Wildman–Crippen MR) is 488 cm³/mol. The number of aromatic nitrogens is 6. The van der Waals surface area contributed by atoms with Gasteiger partial charge in [-0.15, -0.1) is 0 Å². The highest BCUT2D eigenvalue weighted by atomic mass is 19.4. The van der Waals surface area contributed by atoms with Crippen LogP contribution in [0, 0.1) is 64.8 Å². The molecule has 3 N–H and O–H groups in total. The van der Waals surface area contributed by atoms with Crippen molar-refractivity contribution in [2.75, 3.05) is 58.9 Å². The van der Waals surface area contributed by atoms with E-state index < -0.39 is 29.6 Å². The van der Waals surface area contributed by atoms with E-state index in [9.17, 15) is 56.0 Å². The first kappa shape index (κ1) is 91.6. The number of piperidine rings is 3. The summed E-state index contributed by atoms with van der Waals surface area (Å²) in [5.74, 6) is 1.71. The van der Waals surface area contributed by atoms with Crippen LogP contribution in [-0.4, -0.2) is 136 Å². The minimum Gasteiger partial charge on any atom is -0.481 e. The maximum atomic E-state index is 14.3. The van der Waals surface area contributed by atoms with Crippen molar-refractivity contribution >= 4 is 17.9 Å². The van der Waals surface area contributed by atoms with Gasteiger partial charge in [-0.2, -0.15) is 28.5 Å². The van der Waals surface area contributed by atoms with E-state index in [4.69, 9.17) is 15.3 Å². The number of aryl methyl sites for hydroxylation is 3. The first-order valence-electron chi connectivity index (χ1n) is 48.0. The van der Waals surface area contributed by atoms with Gasteiger partial charge in [0.15, 0.2) is 0 Å². The number of carboxylic acid groups (broad SMARTS) is 3. The average molecular weight is 1750 g/mol. The van der Waals surface area contributed by atoms with Crippen molar-refractivity contribution in [3.63, 3.8) is 0 Å². The highest BCUT2D eigenvalue weighted by Crippen LogP contribution is 2.52. The molecule has 3 aliphatic heterocycles. The fourth-order valence-electron chi connectivity index (χ4n) is 22.6. The van der Waals surface area contributed by atoms with Crippen molar-refractivity contribution in [1.29, 1.82) is 0 Å². The molecule has 0 radical (unpaired) electrons. The minimum atomic E-state index is -4.34. The van der Waals surface area contributed by atoms with Crippen molar-refractivity contribution in [3.8, 4) is 0 Å². The van der Waals surface area contributed by atoms with Gasteiger partial charge in [-0.05, 0) is 348 Å². The van der Waals surface area contributed by atoms with E-state index in [1.165, 1.54) is 58.5 Å². The van der Waals surface area contributed by atoms with Gasteiger partial charge >= 0.3 is 24.1 Å². The zero-order valence-electron chi connectivity index (χ0n) is 74.8. The predicted octanol–water partition coefficient (Wildman–Crippen LogP) is 22.9. The van der Waals surface area contributed by atoms with E-state index in [1.807, 2.05) is 22.9 Å². The Balaban J connectivity index is 0.000000141. The third-order valence-corrected chi connectivity index (χ3v) is 29.8. The normalized spacial score (nSPS) is 23.3. The van der Waals surface area contributed by atoms with Crippen molar-refractivity contribution in [2.24, 2.45) is 47.3 Å². The van der Waals surface area contributed by atoms with Gasteiger partial charge in [-0.25, -0.2) is 22.8 Å². The number of hydrogen-bond acceptors (Lipinski definition) is 9. The van der Waals surface area contributed by atoms with Crippen LogP contribution in [0.5, 0.6) is 0 Å². The molecule has 680 valence electrons. The first-order chi connectivity index (χ1) is 62.0. The van der Waals surface area contributed by atoms with Crippen LogP contribution < -0.4 is 0 Å². The Labute approximate surface area is 751 Å². The quantitative estimate of drug-likeness (QED) is 0.0269. The van der Waals surface area contributed by atoms with E-state index in [0.717, 1.165) is 276 Å². The van der Waals surface area contributed by atoms with Gasteiger partial charge in [0.25, 0.3) is 0 Å². The summed E-state index contributed by atoms with van der Waals surface area (Å²) in [7, 11) is 0. The Hall–Kier alpha value is -9.70. The number of likely N-dealkylation sites (tertiary alicyclic amines) is 3. The molecule has 0 spiro atoms. The monoisotopic (exact) mass is 1750 g/mol. The lowest BCUT2D eigenvalue weighted by molar-refractivity contribution is -0.143. The molecule has 6 aliphatic carbocycles. The number of carboxylic acids is 3. The summed E-state index contributed by atoms with van der Waals surface area (Å²) in [6.07, 6.45) is 19.0. The molecule has 6 saturated carbocycles. The molecule has 2 unspecified atom stereocenters. The molecule has 0 bridgehead atoms. The lowest BCUT2D eigenvalue weighted by atomic mass is 9.87. The molecule has 3 aromatic heterocycles. The van der Waals surface area contributed by atoms with Crippen LogP contribution in [0.15, 0.2) is 198 Å². The smallest absolute Gasteiger partial charge is 0.416 e. The molecule has 128 heavy (non-hydrogen) atoms. The number of allylic oxidation sites excluding steroid dienone is 2. The number of carbonyl (C=O) groups is 3. The molecule has 15 nitrogen and oxygen atoms in total. The molecule has 6 heterocycles. The van der Waals surface area contributed by atoms with Gasteiger partial charge in [0, 0.05) is 105 Å².